The van der Waals surface area contributed by atoms with Gasteiger partial charge in [0, 0.05) is 65.3 Å². The van der Waals surface area contributed by atoms with Crippen LogP contribution in [0.5, 0.6) is 5.75 Å². The summed E-state index contributed by atoms with van der Waals surface area (Å²) in [6, 6.07) is 9.45. The van der Waals surface area contributed by atoms with Crippen LogP contribution in [0.2, 0.25) is 0 Å². The van der Waals surface area contributed by atoms with Crippen molar-refractivity contribution in [3.8, 4) is 5.75 Å². The summed E-state index contributed by atoms with van der Waals surface area (Å²) in [5.41, 5.74) is 11.1. The summed E-state index contributed by atoms with van der Waals surface area (Å²) < 4.78 is 13.3. The molecular formula is C47H61N9O6S. The zero-order valence-electron chi connectivity index (χ0n) is 37.1. The summed E-state index contributed by atoms with van der Waals surface area (Å²) in [4.78, 5) is 29.7. The predicted molar refractivity (Wildman–Crippen MR) is 246 cm³/mol. The maximum Gasteiger partial charge on any atom is 0.355 e. The van der Waals surface area contributed by atoms with Crippen molar-refractivity contribution in [2.75, 3.05) is 56.7 Å². The molecule has 4 fully saturated rings. The molecule has 7 N–H and O–H groups in total. The largest absolute Gasteiger partial charge is 0.497 e. The first-order chi connectivity index (χ1) is 30.2. The Labute approximate surface area is 372 Å². The lowest BCUT2D eigenvalue weighted by Gasteiger charge is -2.73. The molecule has 63 heavy (non-hydrogen) atoms. The highest BCUT2D eigenvalue weighted by Gasteiger charge is 2.82. The maximum atomic E-state index is 13.0. The summed E-state index contributed by atoms with van der Waals surface area (Å²) in [6.07, 6.45) is 10.6. The number of carboxylic acid groups (broad SMARTS) is 1. The molecule has 4 aliphatic carbocycles. The van der Waals surface area contributed by atoms with Crippen LogP contribution in [0.1, 0.15) is 106 Å². The number of hydrogen-bond acceptors (Lipinski definition) is 15. The van der Waals surface area contributed by atoms with Crippen LogP contribution in [0, 0.1) is 28.6 Å². The number of pyridine rings is 1. The van der Waals surface area contributed by atoms with E-state index in [0.29, 0.717) is 78.6 Å². The summed E-state index contributed by atoms with van der Waals surface area (Å²) in [5, 5.41) is 46.1. The van der Waals surface area contributed by atoms with Gasteiger partial charge in [-0.3, -0.25) is 4.99 Å². The number of carboxylic acids is 1. The third-order valence-corrected chi connectivity index (χ3v) is 16.4. The van der Waals surface area contributed by atoms with Gasteiger partial charge >= 0.3 is 5.97 Å². The molecule has 4 aromatic rings. The zero-order chi connectivity index (χ0) is 44.4. The minimum Gasteiger partial charge on any atom is -0.497 e. The molecule has 0 saturated heterocycles. The van der Waals surface area contributed by atoms with Crippen LogP contribution in [-0.2, 0) is 11.2 Å². The number of nitrogens with zero attached hydrogens (tertiary/aromatic N) is 6. The molecular weight excluding hydrogens is 819 g/mol. The van der Waals surface area contributed by atoms with Crippen molar-refractivity contribution in [1.82, 2.24) is 25.5 Å². The van der Waals surface area contributed by atoms with Crippen molar-refractivity contribution in [3.63, 3.8) is 0 Å². The van der Waals surface area contributed by atoms with Crippen molar-refractivity contribution in [2.45, 2.75) is 104 Å². The Hall–Kier alpha value is -4.74. The van der Waals surface area contributed by atoms with E-state index in [1.807, 2.05) is 43.0 Å². The van der Waals surface area contributed by atoms with Gasteiger partial charge in [-0.05, 0) is 125 Å². The van der Waals surface area contributed by atoms with Crippen LogP contribution in [-0.4, -0.2) is 105 Å². The Morgan fingerprint density at radius 2 is 1.94 bits per heavy atom. The highest BCUT2D eigenvalue weighted by atomic mass is 32.1. The molecule has 4 heterocycles. The molecule has 0 radical (unpaired) electrons. The number of nitrogens with one attached hydrogen (secondary N) is 2. The average Bonchev–Trinajstić information content (AvgIpc) is 3.75. The number of methoxy groups -OCH3 is 1. The second kappa shape index (κ2) is 16.4. The number of aromatic nitrogens is 4. The number of anilines is 4. The first-order valence-electron chi connectivity index (χ1n) is 22.4. The first kappa shape index (κ1) is 43.5. The fraction of sp³-hybridized carbons (Fsp3) is 0.574. The monoisotopic (exact) mass is 879 g/mol. The molecule has 6 atom stereocenters. The van der Waals surface area contributed by atoms with E-state index in [1.54, 1.807) is 13.2 Å². The Morgan fingerprint density at radius 1 is 1.10 bits per heavy atom. The smallest absolute Gasteiger partial charge is 0.355 e. The minimum atomic E-state index is -1.15. The highest BCUT2D eigenvalue weighted by molar-refractivity contribution is 7.22. The highest BCUT2D eigenvalue weighted by Crippen LogP contribution is 2.85. The zero-order valence-corrected chi connectivity index (χ0v) is 37.9. The number of aromatic carboxylic acids is 1. The number of thiazole rings is 1. The molecule has 5 aliphatic rings. The van der Waals surface area contributed by atoms with Crippen molar-refractivity contribution in [2.24, 2.45) is 32.4 Å². The van der Waals surface area contributed by atoms with Crippen LogP contribution in [0.15, 0.2) is 41.5 Å². The van der Waals surface area contributed by atoms with Crippen LogP contribution in [0.3, 0.4) is 0 Å². The van der Waals surface area contributed by atoms with Crippen molar-refractivity contribution < 1.29 is 29.6 Å². The molecule has 1 aromatic carbocycles. The van der Waals surface area contributed by atoms with Gasteiger partial charge in [0.2, 0.25) is 0 Å². The summed E-state index contributed by atoms with van der Waals surface area (Å²) in [5.74, 6) is 1.36. The molecule has 16 heteroatoms. The van der Waals surface area contributed by atoms with E-state index < -0.39 is 12.1 Å². The van der Waals surface area contributed by atoms with Crippen molar-refractivity contribution >= 4 is 61.4 Å². The summed E-state index contributed by atoms with van der Waals surface area (Å²) in [7, 11) is 1.64. The lowest BCUT2D eigenvalue weighted by atomic mass is 9.34. The molecule has 3 aromatic heterocycles. The molecule has 336 valence electrons. The lowest BCUT2D eigenvalue weighted by molar-refractivity contribution is -0.299. The van der Waals surface area contributed by atoms with Crippen LogP contribution < -0.4 is 26.0 Å². The Morgan fingerprint density at radius 3 is 2.71 bits per heavy atom. The van der Waals surface area contributed by atoms with Gasteiger partial charge in [-0.25, -0.2) is 14.8 Å². The van der Waals surface area contributed by atoms with E-state index in [9.17, 15) is 15.0 Å². The average molecular weight is 880 g/mol. The number of fused-ring (bicyclic) bond motifs is 4. The lowest BCUT2D eigenvalue weighted by Crippen LogP contribution is -2.71. The molecule has 15 nitrogen and oxygen atoms in total. The van der Waals surface area contributed by atoms with Crippen molar-refractivity contribution in [1.29, 1.82) is 0 Å². The second-order valence-electron chi connectivity index (χ2n) is 19.6. The Balaban J connectivity index is 0.917. The molecule has 3 bridgehead atoms. The third kappa shape index (κ3) is 7.44. The quantitative estimate of drug-likeness (QED) is 0.0468. The van der Waals surface area contributed by atoms with E-state index in [4.69, 9.17) is 35.3 Å². The van der Waals surface area contributed by atoms with Gasteiger partial charge in [0.1, 0.15) is 11.6 Å². The number of carbonyl (C=O) groups is 1. The van der Waals surface area contributed by atoms with Gasteiger partial charge in [0.25, 0.3) is 0 Å². The number of ether oxygens (including phenoxy) is 2. The molecule has 9 rings (SSSR count). The van der Waals surface area contributed by atoms with Crippen LogP contribution >= 0.6 is 11.3 Å². The van der Waals surface area contributed by atoms with Gasteiger partial charge < -0.3 is 46.1 Å². The molecule has 1 spiro atoms. The molecule has 0 amide bonds. The van der Waals surface area contributed by atoms with Gasteiger partial charge in [-0.15, -0.1) is 10.2 Å². The standard InChI is InChI=1S/C47H61N9O6S/c1-28-32-7-6-17-56(40(32)55-54-39(28)53-42-51-35-19-31(61-5)8-10-36(35)63-42)37-11-9-33(38(52-37)41(59)60)34(20-48)29(2)50-27-45-14-13-44(4)25-47(62-18-16-49-15-12-30(58)21-57)24-43(3,22-45)23-46(44,47)26-45/h8-11,19-20,30,49,57-58H,6-7,12-18,21-27,48H2,1-5H3,(H,59,60)(H,51,53,54)/t30-,43?,44?,45?,46?,47?/m1/s1. The van der Waals surface area contributed by atoms with Gasteiger partial charge in [0.05, 0.1) is 42.2 Å². The van der Waals surface area contributed by atoms with E-state index in [1.165, 1.54) is 24.0 Å². The topological polar surface area (TPSA) is 213 Å². The number of benzene rings is 1. The van der Waals surface area contributed by atoms with Crippen LogP contribution in [0.4, 0.5) is 22.6 Å². The summed E-state index contributed by atoms with van der Waals surface area (Å²) >= 11 is 1.53. The van der Waals surface area contributed by atoms with E-state index in [0.717, 1.165) is 78.5 Å². The van der Waals surface area contributed by atoms with E-state index in [-0.39, 0.29) is 39.6 Å². The van der Waals surface area contributed by atoms with Crippen molar-refractivity contribution in [3.05, 3.63) is 58.9 Å². The van der Waals surface area contributed by atoms with Gasteiger partial charge in [0.15, 0.2) is 22.5 Å². The molecule has 5 unspecified atom stereocenters. The fourth-order valence-corrected chi connectivity index (χ4v) is 13.7. The second-order valence-corrected chi connectivity index (χ2v) is 20.6. The number of allylic oxidation sites excluding steroid dienone is 1. The van der Waals surface area contributed by atoms with E-state index >= 15 is 0 Å². The van der Waals surface area contributed by atoms with Gasteiger partial charge in [-0.1, -0.05) is 25.2 Å². The number of aliphatic imine (C=N–C) groups is 1. The number of aliphatic hydroxyl groups excluding tert-OH is 2. The predicted octanol–water partition coefficient (Wildman–Crippen LogP) is 6.94. The normalized spacial score (nSPS) is 29.0. The first-order valence-corrected chi connectivity index (χ1v) is 23.2. The Kier molecular flexibility index (Phi) is 11.3. The SMILES string of the molecule is COc1ccc2sc(Nc3nnc4c(c3C)CCCN4c3ccc(C(=CN)C(C)=NCC45CCC6(C)CC7(OCCNCC[C@@H](O)CO)CC(C)(C4)CC67C5)c(C(=O)O)n3)nc2c1. The van der Waals surface area contributed by atoms with Gasteiger partial charge in [-0.2, -0.15) is 0 Å². The summed E-state index contributed by atoms with van der Waals surface area (Å²) in [6.45, 7) is 11.9. The van der Waals surface area contributed by atoms with E-state index in [2.05, 4.69) is 34.7 Å². The molecule has 1 aliphatic heterocycles. The number of hydrogen-bond donors (Lipinski definition) is 6. The number of nitrogens with two attached hydrogens (primary N) is 1. The molecule has 4 saturated carbocycles. The number of rotatable bonds is 17. The number of aliphatic hydroxyl groups is 2. The van der Waals surface area contributed by atoms with Crippen LogP contribution in [0.25, 0.3) is 15.8 Å². The minimum absolute atomic E-state index is 0.0220. The maximum absolute atomic E-state index is 13.0. The third-order valence-electron chi connectivity index (χ3n) is 15.4. The fourth-order valence-electron chi connectivity index (χ4n) is 12.8. The Bertz CT molecular complexity index is 2500.